The predicted molar refractivity (Wildman–Crippen MR) is 152 cm³/mol. The number of rotatable bonds is 13. The largest absolute Gasteiger partial charge is 0.496 e. The Morgan fingerprint density at radius 2 is 1.75 bits per heavy atom. The second-order valence-corrected chi connectivity index (χ2v) is 9.21. The molecule has 40 heavy (non-hydrogen) atoms. The van der Waals surface area contributed by atoms with E-state index >= 15 is 0 Å². The predicted octanol–water partition coefficient (Wildman–Crippen LogP) is 5.83. The minimum Gasteiger partial charge on any atom is -0.496 e. The zero-order valence-electron chi connectivity index (χ0n) is 23.3. The van der Waals surface area contributed by atoms with Gasteiger partial charge in [0.15, 0.2) is 0 Å². The number of ether oxygens (including phenoxy) is 4. The molecule has 0 aliphatic heterocycles. The Kier molecular flexibility index (Phi) is 11.0. The molecule has 1 atom stereocenters. The average molecular weight is 546 g/mol. The van der Waals surface area contributed by atoms with Crippen LogP contribution in [-0.4, -0.2) is 49.5 Å². The Bertz CT molecular complexity index is 1350. The number of nitrogens with zero attached hydrogens (tertiary/aromatic N) is 1. The van der Waals surface area contributed by atoms with Crippen molar-refractivity contribution in [3.05, 3.63) is 107 Å². The van der Waals surface area contributed by atoms with E-state index in [2.05, 4.69) is 11.6 Å². The Balaban J connectivity index is 2.08. The lowest BCUT2D eigenvalue weighted by Crippen LogP contribution is -2.12. The van der Waals surface area contributed by atoms with E-state index in [-0.39, 0.29) is 25.6 Å². The molecule has 0 amide bonds. The number of pyridine rings is 1. The average Bonchev–Trinajstić information content (AvgIpc) is 2.99. The molecule has 3 aromatic rings. The SMILES string of the molecule is C=C(/C(=C/C[C@@H](OC(=O)c1ccncc1)c1cccc(OCCO)c1)c1cc(C(=O)OC)ccc1OC)C(C)C. The van der Waals surface area contributed by atoms with Crippen molar-refractivity contribution in [2.24, 2.45) is 5.92 Å². The Hall–Kier alpha value is -4.43. The number of aliphatic hydroxyl groups is 1. The maximum atomic E-state index is 13.1. The number of allylic oxidation sites excluding steroid dienone is 2. The molecular weight excluding hydrogens is 510 g/mol. The first-order valence-electron chi connectivity index (χ1n) is 12.9. The van der Waals surface area contributed by atoms with Crippen LogP contribution in [0.15, 0.2) is 85.2 Å². The van der Waals surface area contributed by atoms with E-state index in [1.54, 1.807) is 55.6 Å². The van der Waals surface area contributed by atoms with Crippen LogP contribution in [0.1, 0.15) is 58.2 Å². The fourth-order valence-corrected chi connectivity index (χ4v) is 4.02. The summed E-state index contributed by atoms with van der Waals surface area (Å²) in [6, 6.07) is 15.4. The number of benzene rings is 2. The summed E-state index contributed by atoms with van der Waals surface area (Å²) in [5.74, 6) is 0.204. The van der Waals surface area contributed by atoms with Gasteiger partial charge in [0.1, 0.15) is 24.2 Å². The lowest BCUT2D eigenvalue weighted by Gasteiger charge is -2.21. The van der Waals surface area contributed by atoms with Crippen LogP contribution in [0.5, 0.6) is 11.5 Å². The van der Waals surface area contributed by atoms with Crippen LogP contribution in [0, 0.1) is 5.92 Å². The van der Waals surface area contributed by atoms with Gasteiger partial charge in [-0.25, -0.2) is 9.59 Å². The summed E-state index contributed by atoms with van der Waals surface area (Å²) in [5, 5.41) is 9.16. The molecule has 3 rings (SSSR count). The molecule has 0 saturated heterocycles. The fraction of sp³-hybridized carbons (Fsp3) is 0.281. The van der Waals surface area contributed by atoms with Crippen molar-refractivity contribution in [2.75, 3.05) is 27.4 Å². The number of hydrogen-bond donors (Lipinski definition) is 1. The number of hydrogen-bond acceptors (Lipinski definition) is 8. The van der Waals surface area contributed by atoms with Gasteiger partial charge in [-0.3, -0.25) is 4.98 Å². The maximum Gasteiger partial charge on any atom is 0.338 e. The number of methoxy groups -OCH3 is 2. The van der Waals surface area contributed by atoms with Crippen molar-refractivity contribution in [2.45, 2.75) is 26.4 Å². The lowest BCUT2D eigenvalue weighted by atomic mass is 9.88. The van der Waals surface area contributed by atoms with Crippen LogP contribution in [0.25, 0.3) is 5.57 Å². The highest BCUT2D eigenvalue weighted by Gasteiger charge is 2.21. The third-order valence-electron chi connectivity index (χ3n) is 6.24. The fourth-order valence-electron chi connectivity index (χ4n) is 4.02. The third-order valence-corrected chi connectivity index (χ3v) is 6.24. The molecule has 0 aliphatic carbocycles. The van der Waals surface area contributed by atoms with Gasteiger partial charge in [-0.15, -0.1) is 0 Å². The minimum atomic E-state index is -0.692. The molecule has 2 aromatic carbocycles. The van der Waals surface area contributed by atoms with Crippen LogP contribution >= 0.6 is 0 Å². The van der Waals surface area contributed by atoms with Crippen LogP contribution in [0.3, 0.4) is 0 Å². The Morgan fingerprint density at radius 1 is 1.00 bits per heavy atom. The van der Waals surface area contributed by atoms with Crippen LogP contribution in [-0.2, 0) is 9.47 Å². The van der Waals surface area contributed by atoms with E-state index in [0.717, 1.165) is 11.1 Å². The molecule has 0 fully saturated rings. The first kappa shape index (κ1) is 30.1. The summed E-state index contributed by atoms with van der Waals surface area (Å²) in [6.07, 6.45) is 4.59. The van der Waals surface area contributed by atoms with E-state index in [9.17, 15) is 9.59 Å². The molecule has 0 aliphatic rings. The van der Waals surface area contributed by atoms with Crippen molar-refractivity contribution >= 4 is 17.5 Å². The number of carbonyl (C=O) groups excluding carboxylic acids is 2. The number of carbonyl (C=O) groups is 2. The molecule has 0 radical (unpaired) electrons. The lowest BCUT2D eigenvalue weighted by molar-refractivity contribution is 0.0302. The van der Waals surface area contributed by atoms with E-state index in [0.29, 0.717) is 33.8 Å². The van der Waals surface area contributed by atoms with Crippen LogP contribution in [0.2, 0.25) is 0 Å². The van der Waals surface area contributed by atoms with Crippen LogP contribution in [0.4, 0.5) is 0 Å². The summed E-state index contributed by atoms with van der Waals surface area (Å²) in [6.45, 7) is 8.37. The first-order valence-corrected chi connectivity index (χ1v) is 12.9. The van der Waals surface area contributed by atoms with E-state index < -0.39 is 18.0 Å². The van der Waals surface area contributed by atoms with Gasteiger partial charge >= 0.3 is 11.9 Å². The first-order chi connectivity index (χ1) is 19.3. The normalized spacial score (nSPS) is 12.0. The van der Waals surface area contributed by atoms with Crippen molar-refractivity contribution < 1.29 is 33.6 Å². The van der Waals surface area contributed by atoms with Gasteiger partial charge in [0.25, 0.3) is 0 Å². The molecule has 0 spiro atoms. The van der Waals surface area contributed by atoms with Gasteiger partial charge in [-0.05, 0) is 65.1 Å². The highest BCUT2D eigenvalue weighted by Crippen LogP contribution is 2.37. The van der Waals surface area contributed by atoms with Gasteiger partial charge in [0, 0.05) is 24.4 Å². The minimum absolute atomic E-state index is 0.0748. The molecule has 0 unspecified atom stereocenters. The second kappa shape index (κ2) is 14.6. The molecule has 1 N–H and O–H groups in total. The van der Waals surface area contributed by atoms with Gasteiger partial charge in [0.2, 0.25) is 0 Å². The summed E-state index contributed by atoms with van der Waals surface area (Å²) in [7, 11) is 2.89. The second-order valence-electron chi connectivity index (χ2n) is 9.21. The highest BCUT2D eigenvalue weighted by atomic mass is 16.5. The summed E-state index contributed by atoms with van der Waals surface area (Å²) >= 11 is 0. The number of aliphatic hydroxyl groups excluding tert-OH is 1. The summed E-state index contributed by atoms with van der Waals surface area (Å²) < 4.78 is 22.1. The molecule has 8 heteroatoms. The van der Waals surface area contributed by atoms with Gasteiger partial charge in [-0.2, -0.15) is 0 Å². The summed E-state index contributed by atoms with van der Waals surface area (Å²) in [4.78, 5) is 29.4. The molecule has 8 nitrogen and oxygen atoms in total. The molecule has 0 saturated carbocycles. The quantitative estimate of drug-likeness (QED) is 0.211. The molecule has 210 valence electrons. The summed E-state index contributed by atoms with van der Waals surface area (Å²) in [5.41, 5.74) is 3.70. The Morgan fingerprint density at radius 3 is 2.40 bits per heavy atom. The number of esters is 2. The van der Waals surface area contributed by atoms with E-state index in [1.165, 1.54) is 19.5 Å². The topological polar surface area (TPSA) is 104 Å². The van der Waals surface area contributed by atoms with Crippen molar-refractivity contribution in [1.29, 1.82) is 0 Å². The van der Waals surface area contributed by atoms with Crippen molar-refractivity contribution in [3.8, 4) is 11.5 Å². The van der Waals surface area contributed by atoms with Gasteiger partial charge in [-0.1, -0.05) is 38.6 Å². The molecule has 1 heterocycles. The number of aromatic nitrogens is 1. The Labute approximate surface area is 234 Å². The molecular formula is C32H35NO7. The van der Waals surface area contributed by atoms with Crippen LogP contribution < -0.4 is 9.47 Å². The van der Waals surface area contributed by atoms with Crippen molar-refractivity contribution in [3.63, 3.8) is 0 Å². The maximum absolute atomic E-state index is 13.1. The van der Waals surface area contributed by atoms with E-state index in [4.69, 9.17) is 24.1 Å². The standard InChI is InChI=1S/C32H35NO7/c1-21(2)22(3)27(28-20-25(31(35)38-5)9-11-30(28)37-4)10-12-29(40-32(36)23-13-15-33-16-14-23)24-7-6-8-26(19-24)39-18-17-34/h6-11,13-16,19-21,29,34H,3,12,17-18H2,1-2,4-5H3/b27-10-/t29-/m1/s1. The molecule has 1 aromatic heterocycles. The zero-order valence-corrected chi connectivity index (χ0v) is 23.3. The smallest absolute Gasteiger partial charge is 0.338 e. The van der Waals surface area contributed by atoms with E-state index in [1.807, 2.05) is 26.0 Å². The van der Waals surface area contributed by atoms with Gasteiger partial charge in [0.05, 0.1) is 32.0 Å². The highest BCUT2D eigenvalue weighted by molar-refractivity contribution is 5.93. The monoisotopic (exact) mass is 545 g/mol. The zero-order chi connectivity index (χ0) is 29.1. The molecule has 0 bridgehead atoms. The van der Waals surface area contributed by atoms with Gasteiger partial charge < -0.3 is 24.1 Å². The third kappa shape index (κ3) is 7.80. The van der Waals surface area contributed by atoms with Crippen molar-refractivity contribution in [1.82, 2.24) is 4.98 Å².